The van der Waals surface area contributed by atoms with Gasteiger partial charge in [0.15, 0.2) is 0 Å². The second kappa shape index (κ2) is 4.10. The van der Waals surface area contributed by atoms with Gasteiger partial charge in [-0.2, -0.15) is 0 Å². The van der Waals surface area contributed by atoms with E-state index >= 15 is 0 Å². The van der Waals surface area contributed by atoms with Gasteiger partial charge in [0.05, 0.1) is 5.54 Å². The van der Waals surface area contributed by atoms with Crippen molar-refractivity contribution in [3.05, 3.63) is 60.2 Å². The van der Waals surface area contributed by atoms with Gasteiger partial charge in [0.2, 0.25) is 0 Å². The number of hydrogen-bond donors (Lipinski definition) is 1. The molecule has 0 radical (unpaired) electrons. The lowest BCUT2D eigenvalue weighted by molar-refractivity contribution is 0.447. The van der Waals surface area contributed by atoms with Crippen LogP contribution in [0.5, 0.6) is 11.5 Å². The molecule has 0 saturated heterocycles. The molecule has 2 aromatic carbocycles. The maximum Gasteiger partial charge on any atom is 0.132 e. The fraction of sp³-hybridized carbons (Fsp3) is 0.294. The molecule has 1 unspecified atom stereocenters. The van der Waals surface area contributed by atoms with Crippen LogP contribution in [-0.4, -0.2) is 0 Å². The Morgan fingerprint density at radius 1 is 0.947 bits per heavy atom. The van der Waals surface area contributed by atoms with Crippen molar-refractivity contribution in [2.24, 2.45) is 11.1 Å². The van der Waals surface area contributed by atoms with Gasteiger partial charge in [-0.3, -0.25) is 0 Å². The van der Waals surface area contributed by atoms with Gasteiger partial charge in [0, 0.05) is 5.56 Å². The molecule has 1 aliphatic carbocycles. The van der Waals surface area contributed by atoms with E-state index < -0.39 is 0 Å². The maximum absolute atomic E-state index is 6.52. The van der Waals surface area contributed by atoms with Crippen LogP contribution < -0.4 is 10.5 Å². The van der Waals surface area contributed by atoms with Crippen LogP contribution in [-0.2, 0) is 5.54 Å². The van der Waals surface area contributed by atoms with E-state index in [4.69, 9.17) is 10.5 Å². The third-order valence-electron chi connectivity index (χ3n) is 4.14. The van der Waals surface area contributed by atoms with Gasteiger partial charge < -0.3 is 10.5 Å². The third-order valence-corrected chi connectivity index (χ3v) is 4.14. The predicted octanol–water partition coefficient (Wildman–Crippen LogP) is 4.06. The summed E-state index contributed by atoms with van der Waals surface area (Å²) in [6.07, 6.45) is 0.995. The van der Waals surface area contributed by atoms with Crippen LogP contribution in [0.25, 0.3) is 0 Å². The molecule has 0 heterocycles. The van der Waals surface area contributed by atoms with Crippen molar-refractivity contribution in [3.8, 4) is 11.5 Å². The van der Waals surface area contributed by atoms with Crippen LogP contribution in [0.1, 0.15) is 25.8 Å². The van der Waals surface area contributed by atoms with Gasteiger partial charge in [0.1, 0.15) is 11.5 Å². The minimum absolute atomic E-state index is 0.142. The molecule has 0 aliphatic heterocycles. The zero-order chi connectivity index (χ0) is 13.5. The van der Waals surface area contributed by atoms with Crippen molar-refractivity contribution < 1.29 is 4.74 Å². The normalized spacial score (nSPS) is 23.9. The Labute approximate surface area is 114 Å². The minimum Gasteiger partial charge on any atom is -0.457 e. The Balaban J connectivity index is 1.96. The summed E-state index contributed by atoms with van der Waals surface area (Å²) in [6, 6.07) is 17.9. The Kier molecular flexibility index (Phi) is 2.64. The molecule has 1 aliphatic rings. The predicted molar refractivity (Wildman–Crippen MR) is 77.2 cm³/mol. The van der Waals surface area contributed by atoms with Crippen LogP contribution in [0.3, 0.4) is 0 Å². The molecule has 98 valence electrons. The minimum atomic E-state index is -0.266. The summed E-state index contributed by atoms with van der Waals surface area (Å²) in [7, 11) is 0. The van der Waals surface area contributed by atoms with Gasteiger partial charge in [-0.05, 0) is 30.0 Å². The molecule has 1 saturated carbocycles. The van der Waals surface area contributed by atoms with Gasteiger partial charge in [0.25, 0.3) is 0 Å². The first-order valence-corrected chi connectivity index (χ1v) is 6.64. The number of ether oxygens (including phenoxy) is 1. The van der Waals surface area contributed by atoms with Crippen molar-refractivity contribution >= 4 is 0 Å². The Bertz CT molecular complexity index is 591. The van der Waals surface area contributed by atoms with Crippen LogP contribution in [0.2, 0.25) is 0 Å². The lowest BCUT2D eigenvalue weighted by Gasteiger charge is -2.19. The van der Waals surface area contributed by atoms with E-state index in [0.29, 0.717) is 0 Å². The average molecular weight is 253 g/mol. The standard InChI is InChI=1S/C17H19NO/c1-16(2)12-17(16,18)14-10-6-7-11-15(14)19-13-8-4-3-5-9-13/h3-11H,12,18H2,1-2H3. The summed E-state index contributed by atoms with van der Waals surface area (Å²) in [6.45, 7) is 4.40. The third kappa shape index (κ3) is 2.02. The summed E-state index contributed by atoms with van der Waals surface area (Å²) >= 11 is 0. The highest BCUT2D eigenvalue weighted by Gasteiger charge is 2.60. The molecule has 0 amide bonds. The zero-order valence-electron chi connectivity index (χ0n) is 11.4. The second-order valence-corrected chi connectivity index (χ2v) is 5.94. The molecule has 0 aromatic heterocycles. The van der Waals surface area contributed by atoms with Crippen molar-refractivity contribution in [1.29, 1.82) is 0 Å². The van der Waals surface area contributed by atoms with Gasteiger partial charge in [-0.15, -0.1) is 0 Å². The van der Waals surface area contributed by atoms with E-state index in [9.17, 15) is 0 Å². The highest BCUT2D eigenvalue weighted by molar-refractivity contribution is 5.47. The Morgan fingerprint density at radius 3 is 2.16 bits per heavy atom. The van der Waals surface area contributed by atoms with Crippen molar-refractivity contribution in [2.75, 3.05) is 0 Å². The molecule has 2 aromatic rings. The fourth-order valence-corrected chi connectivity index (χ4v) is 2.65. The number of rotatable bonds is 3. The smallest absolute Gasteiger partial charge is 0.132 e. The molecule has 2 N–H and O–H groups in total. The van der Waals surface area contributed by atoms with E-state index in [1.807, 2.05) is 48.5 Å². The van der Waals surface area contributed by atoms with E-state index in [1.165, 1.54) is 0 Å². The van der Waals surface area contributed by atoms with Gasteiger partial charge >= 0.3 is 0 Å². The van der Waals surface area contributed by atoms with Gasteiger partial charge in [-0.25, -0.2) is 0 Å². The monoisotopic (exact) mass is 253 g/mol. The van der Waals surface area contributed by atoms with E-state index in [0.717, 1.165) is 23.5 Å². The maximum atomic E-state index is 6.52. The molecule has 2 heteroatoms. The largest absolute Gasteiger partial charge is 0.457 e. The first-order chi connectivity index (χ1) is 9.03. The molecule has 2 nitrogen and oxygen atoms in total. The zero-order valence-corrected chi connectivity index (χ0v) is 11.4. The fourth-order valence-electron chi connectivity index (χ4n) is 2.65. The number of nitrogens with two attached hydrogens (primary N) is 1. The van der Waals surface area contributed by atoms with Crippen LogP contribution in [0.4, 0.5) is 0 Å². The highest BCUT2D eigenvalue weighted by atomic mass is 16.5. The summed E-state index contributed by atoms with van der Waals surface area (Å²) in [5, 5.41) is 0. The van der Waals surface area contributed by atoms with Crippen molar-refractivity contribution in [2.45, 2.75) is 25.8 Å². The van der Waals surface area contributed by atoms with E-state index in [-0.39, 0.29) is 11.0 Å². The van der Waals surface area contributed by atoms with Crippen LogP contribution >= 0.6 is 0 Å². The molecule has 19 heavy (non-hydrogen) atoms. The molecule has 0 bridgehead atoms. The quantitative estimate of drug-likeness (QED) is 0.895. The Morgan fingerprint density at radius 2 is 1.53 bits per heavy atom. The second-order valence-electron chi connectivity index (χ2n) is 5.94. The summed E-state index contributed by atoms with van der Waals surface area (Å²) in [5.41, 5.74) is 7.50. The molecular weight excluding hydrogens is 234 g/mol. The molecule has 1 fully saturated rings. The van der Waals surface area contributed by atoms with E-state index in [1.54, 1.807) is 0 Å². The first kappa shape index (κ1) is 12.2. The van der Waals surface area contributed by atoms with Crippen LogP contribution in [0, 0.1) is 5.41 Å². The lowest BCUT2D eigenvalue weighted by atomic mass is 9.96. The molecular formula is C17H19NO. The number of para-hydroxylation sites is 2. The summed E-state index contributed by atoms with van der Waals surface area (Å²) in [4.78, 5) is 0. The number of hydrogen-bond acceptors (Lipinski definition) is 2. The summed E-state index contributed by atoms with van der Waals surface area (Å²) in [5.74, 6) is 1.71. The summed E-state index contributed by atoms with van der Waals surface area (Å²) < 4.78 is 5.99. The average Bonchev–Trinajstić information content (AvgIpc) is 2.91. The molecule has 0 spiro atoms. The van der Waals surface area contributed by atoms with Crippen molar-refractivity contribution in [3.63, 3.8) is 0 Å². The number of benzene rings is 2. The van der Waals surface area contributed by atoms with Gasteiger partial charge in [-0.1, -0.05) is 50.2 Å². The first-order valence-electron chi connectivity index (χ1n) is 6.64. The van der Waals surface area contributed by atoms with E-state index in [2.05, 4.69) is 19.9 Å². The Hall–Kier alpha value is -1.80. The topological polar surface area (TPSA) is 35.2 Å². The van der Waals surface area contributed by atoms with Crippen LogP contribution in [0.15, 0.2) is 54.6 Å². The SMILES string of the molecule is CC1(C)CC1(N)c1ccccc1Oc1ccccc1. The molecule has 1 atom stereocenters. The van der Waals surface area contributed by atoms with Crippen molar-refractivity contribution in [1.82, 2.24) is 0 Å². The molecule has 3 rings (SSSR count). The highest BCUT2D eigenvalue weighted by Crippen LogP contribution is 2.62. The lowest BCUT2D eigenvalue weighted by Crippen LogP contribution is -2.25.